The van der Waals surface area contributed by atoms with Crippen LogP contribution in [0, 0.1) is 11.8 Å². The summed E-state index contributed by atoms with van der Waals surface area (Å²) in [6.07, 6.45) is 2.56. The molecule has 2 fully saturated rings. The number of nitrogens with zero attached hydrogens (tertiary/aromatic N) is 2. The Morgan fingerprint density at radius 2 is 1.85 bits per heavy atom. The van der Waals surface area contributed by atoms with Crippen molar-refractivity contribution in [2.24, 2.45) is 11.8 Å². The monoisotopic (exact) mass is 369 g/mol. The smallest absolute Gasteiger partial charge is 0.357 e. The molecule has 26 heavy (non-hydrogen) atoms. The summed E-state index contributed by atoms with van der Waals surface area (Å²) in [5.41, 5.74) is -0.739. The van der Waals surface area contributed by atoms with Crippen LogP contribution in [0.3, 0.4) is 0 Å². The van der Waals surface area contributed by atoms with Gasteiger partial charge in [0.15, 0.2) is 0 Å². The maximum Gasteiger partial charge on any atom is 0.417 e. The van der Waals surface area contributed by atoms with E-state index in [1.807, 2.05) is 4.90 Å². The number of rotatable bonds is 3. The molecule has 0 bridgehead atoms. The van der Waals surface area contributed by atoms with Gasteiger partial charge in [0.05, 0.1) is 5.56 Å². The van der Waals surface area contributed by atoms with Crippen molar-refractivity contribution in [3.05, 3.63) is 23.9 Å². The lowest BCUT2D eigenvalue weighted by atomic mass is 9.85. The predicted molar refractivity (Wildman–Crippen MR) is 93.7 cm³/mol. The fourth-order valence-electron chi connectivity index (χ4n) is 3.94. The number of piperidine rings is 1. The normalized spacial score (nSPS) is 25.2. The van der Waals surface area contributed by atoms with E-state index in [0.29, 0.717) is 37.7 Å². The summed E-state index contributed by atoms with van der Waals surface area (Å²) in [5, 5.41) is 3.22. The fourth-order valence-corrected chi connectivity index (χ4v) is 3.94. The maximum absolute atomic E-state index is 12.6. The van der Waals surface area contributed by atoms with Gasteiger partial charge in [-0.15, -0.1) is 0 Å². The molecule has 1 aromatic heterocycles. The van der Waals surface area contributed by atoms with Crippen LogP contribution in [0.5, 0.6) is 0 Å². The van der Waals surface area contributed by atoms with Gasteiger partial charge in [0.2, 0.25) is 5.91 Å². The Balaban J connectivity index is 1.51. The minimum Gasteiger partial charge on any atom is -0.357 e. The highest BCUT2D eigenvalue weighted by Gasteiger charge is 2.32. The van der Waals surface area contributed by atoms with Crippen LogP contribution in [-0.2, 0) is 11.0 Å². The first-order chi connectivity index (χ1) is 12.3. The summed E-state index contributed by atoms with van der Waals surface area (Å²) in [7, 11) is 0. The van der Waals surface area contributed by atoms with Crippen molar-refractivity contribution in [2.45, 2.75) is 57.7 Å². The van der Waals surface area contributed by atoms with Crippen molar-refractivity contribution in [1.82, 2.24) is 10.3 Å². The Labute approximate surface area is 152 Å². The Bertz CT molecular complexity index is 609. The highest BCUT2D eigenvalue weighted by Crippen LogP contribution is 2.30. The second-order valence-corrected chi connectivity index (χ2v) is 7.54. The number of hydrogen-bond donors (Lipinski definition) is 1. The van der Waals surface area contributed by atoms with E-state index in [9.17, 15) is 18.0 Å². The Hall–Kier alpha value is -1.79. The van der Waals surface area contributed by atoms with E-state index in [1.165, 1.54) is 25.3 Å². The molecule has 0 radical (unpaired) electrons. The number of halogens is 3. The van der Waals surface area contributed by atoms with Crippen LogP contribution in [0.15, 0.2) is 18.3 Å². The molecule has 2 aliphatic rings. The second kappa shape index (κ2) is 7.84. The largest absolute Gasteiger partial charge is 0.417 e. The van der Waals surface area contributed by atoms with Gasteiger partial charge in [-0.05, 0) is 43.7 Å². The summed E-state index contributed by atoms with van der Waals surface area (Å²) >= 11 is 0. The number of alkyl halides is 3. The van der Waals surface area contributed by atoms with Crippen molar-refractivity contribution in [1.29, 1.82) is 0 Å². The zero-order valence-electron chi connectivity index (χ0n) is 15.1. The number of pyridine rings is 1. The molecule has 7 heteroatoms. The lowest BCUT2D eigenvalue weighted by Crippen LogP contribution is -2.46. The standard InChI is InChI=1S/C19H26F3N3O/c1-13-4-2-3-5-16(13)24-18(26)14-8-10-25(11-9-14)17-7-6-15(12-23-17)19(20,21)22/h6-7,12-14,16H,2-5,8-11H2,1H3,(H,24,26). The molecular weight excluding hydrogens is 343 g/mol. The zero-order chi connectivity index (χ0) is 18.7. The van der Waals surface area contributed by atoms with E-state index in [2.05, 4.69) is 17.2 Å². The fraction of sp³-hybridized carbons (Fsp3) is 0.684. The molecule has 1 aromatic rings. The summed E-state index contributed by atoms with van der Waals surface area (Å²) in [6.45, 7) is 3.47. The molecule has 1 N–H and O–H groups in total. The molecule has 1 amide bonds. The third kappa shape index (κ3) is 4.48. The van der Waals surface area contributed by atoms with Gasteiger partial charge in [-0.2, -0.15) is 13.2 Å². The quantitative estimate of drug-likeness (QED) is 0.876. The van der Waals surface area contributed by atoms with E-state index in [0.717, 1.165) is 18.7 Å². The molecule has 1 saturated carbocycles. The van der Waals surface area contributed by atoms with Crippen molar-refractivity contribution < 1.29 is 18.0 Å². The lowest BCUT2D eigenvalue weighted by molar-refractivity contribution is -0.137. The van der Waals surface area contributed by atoms with Gasteiger partial charge in [0.25, 0.3) is 0 Å². The number of amides is 1. The van der Waals surface area contributed by atoms with Crippen molar-refractivity contribution in [3.8, 4) is 0 Å². The van der Waals surface area contributed by atoms with Crippen molar-refractivity contribution in [2.75, 3.05) is 18.0 Å². The molecule has 0 aromatic carbocycles. The first-order valence-corrected chi connectivity index (χ1v) is 9.43. The molecule has 1 aliphatic carbocycles. The van der Waals surface area contributed by atoms with Crippen LogP contribution in [0.1, 0.15) is 51.0 Å². The van der Waals surface area contributed by atoms with Crippen molar-refractivity contribution >= 4 is 11.7 Å². The van der Waals surface area contributed by atoms with Gasteiger partial charge in [-0.3, -0.25) is 4.79 Å². The average Bonchev–Trinajstić information content (AvgIpc) is 2.63. The number of carbonyl (C=O) groups is 1. The van der Waals surface area contributed by atoms with Gasteiger partial charge >= 0.3 is 6.18 Å². The van der Waals surface area contributed by atoms with E-state index >= 15 is 0 Å². The molecule has 2 unspecified atom stereocenters. The summed E-state index contributed by atoms with van der Waals surface area (Å²) in [6, 6.07) is 2.75. The first-order valence-electron chi connectivity index (χ1n) is 9.43. The summed E-state index contributed by atoms with van der Waals surface area (Å²) < 4.78 is 37.9. The van der Waals surface area contributed by atoms with Crippen LogP contribution < -0.4 is 10.2 Å². The molecule has 3 rings (SSSR count). The van der Waals surface area contributed by atoms with E-state index in [1.54, 1.807) is 0 Å². The number of carbonyl (C=O) groups excluding carboxylic acids is 1. The predicted octanol–water partition coefficient (Wildman–Crippen LogP) is 4.01. The SMILES string of the molecule is CC1CCCCC1NC(=O)C1CCN(c2ccc(C(F)(F)F)cn2)CC1. The van der Waals surface area contributed by atoms with Gasteiger partial charge < -0.3 is 10.2 Å². The van der Waals surface area contributed by atoms with E-state index < -0.39 is 11.7 Å². The minimum atomic E-state index is -4.37. The Kier molecular flexibility index (Phi) is 5.73. The molecule has 4 nitrogen and oxygen atoms in total. The molecule has 1 saturated heterocycles. The molecule has 2 heterocycles. The third-order valence-corrected chi connectivity index (χ3v) is 5.70. The number of hydrogen-bond acceptors (Lipinski definition) is 3. The first kappa shape index (κ1) is 19.0. The Morgan fingerprint density at radius 1 is 1.15 bits per heavy atom. The van der Waals surface area contributed by atoms with Crippen LogP contribution >= 0.6 is 0 Å². The van der Waals surface area contributed by atoms with Crippen LogP contribution in [0.25, 0.3) is 0 Å². The minimum absolute atomic E-state index is 0.0187. The highest BCUT2D eigenvalue weighted by atomic mass is 19.4. The molecule has 0 spiro atoms. The lowest BCUT2D eigenvalue weighted by Gasteiger charge is -2.35. The van der Waals surface area contributed by atoms with Gasteiger partial charge in [-0.25, -0.2) is 4.98 Å². The number of aromatic nitrogens is 1. The van der Waals surface area contributed by atoms with Crippen LogP contribution in [-0.4, -0.2) is 30.0 Å². The molecule has 144 valence electrons. The van der Waals surface area contributed by atoms with Gasteiger partial charge in [0.1, 0.15) is 5.82 Å². The van der Waals surface area contributed by atoms with Gasteiger partial charge in [-0.1, -0.05) is 19.8 Å². The third-order valence-electron chi connectivity index (χ3n) is 5.70. The van der Waals surface area contributed by atoms with E-state index in [4.69, 9.17) is 0 Å². The molecule has 2 atom stereocenters. The zero-order valence-corrected chi connectivity index (χ0v) is 15.1. The second-order valence-electron chi connectivity index (χ2n) is 7.54. The van der Waals surface area contributed by atoms with Crippen LogP contribution in [0.4, 0.5) is 19.0 Å². The van der Waals surface area contributed by atoms with Gasteiger partial charge in [0, 0.05) is 31.2 Å². The van der Waals surface area contributed by atoms with E-state index in [-0.39, 0.29) is 17.9 Å². The summed E-state index contributed by atoms with van der Waals surface area (Å²) in [5.74, 6) is 1.18. The Morgan fingerprint density at radius 3 is 2.42 bits per heavy atom. The molecular formula is C19H26F3N3O. The maximum atomic E-state index is 12.6. The van der Waals surface area contributed by atoms with Crippen molar-refractivity contribution in [3.63, 3.8) is 0 Å². The number of anilines is 1. The average molecular weight is 369 g/mol. The molecule has 1 aliphatic heterocycles. The number of nitrogens with one attached hydrogen (secondary N) is 1. The highest BCUT2D eigenvalue weighted by molar-refractivity contribution is 5.79. The topological polar surface area (TPSA) is 45.2 Å². The van der Waals surface area contributed by atoms with Crippen LogP contribution in [0.2, 0.25) is 0 Å². The summed E-state index contributed by atoms with van der Waals surface area (Å²) in [4.78, 5) is 18.4.